The molecule has 0 radical (unpaired) electrons. The predicted octanol–water partition coefficient (Wildman–Crippen LogP) is 3.58. The van der Waals surface area contributed by atoms with E-state index >= 15 is 0 Å². The fourth-order valence-electron chi connectivity index (χ4n) is 3.07. The Morgan fingerprint density at radius 3 is 2.58 bits per heavy atom. The molecule has 0 saturated carbocycles. The molecule has 1 aliphatic rings. The Morgan fingerprint density at radius 1 is 1.12 bits per heavy atom. The second-order valence-corrected chi connectivity index (χ2v) is 5.60. The van der Waals surface area contributed by atoms with Crippen LogP contribution in [-0.4, -0.2) is 26.7 Å². The van der Waals surface area contributed by atoms with Gasteiger partial charge in [-0.15, -0.1) is 0 Å². The molecular formula is C19H21NO4. The summed E-state index contributed by atoms with van der Waals surface area (Å²) in [6.07, 6.45) is 0.387. The number of anilines is 1. The molecule has 0 spiro atoms. The monoisotopic (exact) mass is 327 g/mol. The van der Waals surface area contributed by atoms with Crippen molar-refractivity contribution in [1.29, 1.82) is 0 Å². The molecule has 1 N–H and O–H groups in total. The number of amides is 1. The summed E-state index contributed by atoms with van der Waals surface area (Å²) in [6, 6.07) is 11.6. The zero-order valence-electron chi connectivity index (χ0n) is 14.1. The smallest absolute Gasteiger partial charge is 0.225 e. The number of hydrogen-bond donors (Lipinski definition) is 1. The minimum absolute atomic E-state index is 0.0125. The molecule has 5 heteroatoms. The Hall–Kier alpha value is -2.69. The van der Waals surface area contributed by atoms with Gasteiger partial charge >= 0.3 is 0 Å². The van der Waals surface area contributed by atoms with Crippen LogP contribution in [0.15, 0.2) is 36.4 Å². The van der Waals surface area contributed by atoms with Gasteiger partial charge in [-0.2, -0.15) is 0 Å². The Bertz CT molecular complexity index is 757. The van der Waals surface area contributed by atoms with E-state index in [0.29, 0.717) is 24.5 Å². The van der Waals surface area contributed by atoms with Crippen molar-refractivity contribution < 1.29 is 19.0 Å². The van der Waals surface area contributed by atoms with Crippen LogP contribution in [0.4, 0.5) is 5.69 Å². The van der Waals surface area contributed by atoms with Gasteiger partial charge in [0.25, 0.3) is 0 Å². The lowest BCUT2D eigenvalue weighted by Crippen LogP contribution is -2.23. The van der Waals surface area contributed by atoms with E-state index in [1.807, 2.05) is 43.3 Å². The molecule has 0 aromatic heterocycles. The van der Waals surface area contributed by atoms with Gasteiger partial charge < -0.3 is 19.5 Å². The van der Waals surface area contributed by atoms with Crippen molar-refractivity contribution in [2.24, 2.45) is 0 Å². The van der Waals surface area contributed by atoms with Gasteiger partial charge in [-0.3, -0.25) is 4.79 Å². The van der Waals surface area contributed by atoms with Crippen molar-refractivity contribution >= 4 is 11.6 Å². The van der Waals surface area contributed by atoms with E-state index in [1.165, 1.54) is 0 Å². The van der Waals surface area contributed by atoms with Crippen molar-refractivity contribution in [2.75, 3.05) is 26.1 Å². The van der Waals surface area contributed by atoms with Crippen molar-refractivity contribution in [3.8, 4) is 17.2 Å². The molecule has 0 fully saturated rings. The predicted molar refractivity (Wildman–Crippen MR) is 92.2 cm³/mol. The van der Waals surface area contributed by atoms with E-state index in [0.717, 1.165) is 22.6 Å². The summed E-state index contributed by atoms with van der Waals surface area (Å²) >= 11 is 0. The first-order valence-electron chi connectivity index (χ1n) is 7.94. The first kappa shape index (κ1) is 16.2. The molecule has 0 unspecified atom stereocenters. The highest BCUT2D eigenvalue weighted by atomic mass is 16.5. The standard InChI is InChI=1S/C19H21NO4/c1-4-24-13-7-5-6-12(8-13)14-10-19(21)20-16-11-18(23-3)17(22-2)9-15(14)16/h5-9,11,14H,4,10H2,1-3H3,(H,20,21)/t14-/m1/s1. The molecule has 24 heavy (non-hydrogen) atoms. The molecule has 1 aliphatic heterocycles. The summed E-state index contributed by atoms with van der Waals surface area (Å²) in [4.78, 5) is 12.2. The minimum atomic E-state index is -0.0473. The van der Waals surface area contributed by atoms with Crippen molar-refractivity contribution in [2.45, 2.75) is 19.3 Å². The third kappa shape index (κ3) is 3.02. The van der Waals surface area contributed by atoms with E-state index in [1.54, 1.807) is 14.2 Å². The van der Waals surface area contributed by atoms with Crippen molar-refractivity contribution in [3.63, 3.8) is 0 Å². The van der Waals surface area contributed by atoms with Gasteiger partial charge in [0.15, 0.2) is 11.5 Å². The number of ether oxygens (including phenoxy) is 3. The van der Waals surface area contributed by atoms with Gasteiger partial charge in [0.2, 0.25) is 5.91 Å². The van der Waals surface area contributed by atoms with Crippen LogP contribution in [0.2, 0.25) is 0 Å². The second-order valence-electron chi connectivity index (χ2n) is 5.60. The van der Waals surface area contributed by atoms with Crippen molar-refractivity contribution in [1.82, 2.24) is 0 Å². The minimum Gasteiger partial charge on any atom is -0.494 e. The van der Waals surface area contributed by atoms with Gasteiger partial charge in [-0.05, 0) is 36.2 Å². The quantitative estimate of drug-likeness (QED) is 0.912. The molecule has 0 bridgehead atoms. The average Bonchev–Trinajstić information content (AvgIpc) is 2.60. The van der Waals surface area contributed by atoms with Gasteiger partial charge in [0.1, 0.15) is 5.75 Å². The number of benzene rings is 2. The highest BCUT2D eigenvalue weighted by Crippen LogP contribution is 2.43. The maximum atomic E-state index is 12.2. The van der Waals surface area contributed by atoms with Crippen LogP contribution >= 0.6 is 0 Å². The number of methoxy groups -OCH3 is 2. The summed E-state index contributed by atoms with van der Waals surface area (Å²) in [5.74, 6) is 2.00. The van der Waals surface area contributed by atoms with E-state index in [-0.39, 0.29) is 11.8 Å². The van der Waals surface area contributed by atoms with E-state index < -0.39 is 0 Å². The summed E-state index contributed by atoms with van der Waals surface area (Å²) in [6.45, 7) is 2.56. The van der Waals surface area contributed by atoms with Crippen molar-refractivity contribution in [3.05, 3.63) is 47.5 Å². The number of hydrogen-bond acceptors (Lipinski definition) is 4. The lowest BCUT2D eigenvalue weighted by molar-refractivity contribution is -0.116. The SMILES string of the molecule is CCOc1cccc([C@H]2CC(=O)Nc3cc(OC)c(OC)cc32)c1. The third-order valence-electron chi connectivity index (χ3n) is 4.17. The number of fused-ring (bicyclic) bond motifs is 1. The summed E-state index contributed by atoms with van der Waals surface area (Å²) in [5.41, 5.74) is 2.82. The largest absolute Gasteiger partial charge is 0.494 e. The average molecular weight is 327 g/mol. The van der Waals surface area contributed by atoms with Gasteiger partial charge in [0, 0.05) is 24.1 Å². The Kier molecular flexibility index (Phi) is 4.60. The first-order valence-corrected chi connectivity index (χ1v) is 7.94. The maximum absolute atomic E-state index is 12.2. The molecule has 2 aromatic carbocycles. The molecule has 1 atom stereocenters. The van der Waals surface area contributed by atoms with Gasteiger partial charge in [0.05, 0.1) is 20.8 Å². The first-order chi connectivity index (χ1) is 11.7. The molecule has 3 rings (SSSR count). The molecule has 0 aliphatic carbocycles. The second kappa shape index (κ2) is 6.83. The van der Waals surface area contributed by atoms with Crippen LogP contribution in [0.5, 0.6) is 17.2 Å². The molecule has 0 saturated heterocycles. The molecule has 1 amide bonds. The molecule has 126 valence electrons. The van der Waals surface area contributed by atoms with E-state index in [9.17, 15) is 4.79 Å². The highest BCUT2D eigenvalue weighted by Gasteiger charge is 2.28. The molecule has 5 nitrogen and oxygen atoms in total. The van der Waals surface area contributed by atoms with Crippen LogP contribution in [-0.2, 0) is 4.79 Å². The third-order valence-corrected chi connectivity index (χ3v) is 4.17. The molecular weight excluding hydrogens is 306 g/mol. The summed E-state index contributed by atoms with van der Waals surface area (Å²) < 4.78 is 16.3. The maximum Gasteiger partial charge on any atom is 0.225 e. The van der Waals surface area contributed by atoms with Gasteiger partial charge in [-0.1, -0.05) is 12.1 Å². The fraction of sp³-hybridized carbons (Fsp3) is 0.316. The van der Waals surface area contributed by atoms with Crippen LogP contribution in [0, 0.1) is 0 Å². The molecule has 1 heterocycles. The van der Waals surface area contributed by atoms with Crippen LogP contribution in [0.3, 0.4) is 0 Å². The number of rotatable bonds is 5. The van der Waals surface area contributed by atoms with Crippen LogP contribution in [0.1, 0.15) is 30.4 Å². The Labute approximate surface area is 141 Å². The molecule has 2 aromatic rings. The number of carbonyl (C=O) groups is 1. The number of carbonyl (C=O) groups excluding carboxylic acids is 1. The lowest BCUT2D eigenvalue weighted by atomic mass is 9.84. The Balaban J connectivity index is 2.08. The van der Waals surface area contributed by atoms with E-state index in [2.05, 4.69) is 5.32 Å². The highest BCUT2D eigenvalue weighted by molar-refractivity contribution is 5.96. The van der Waals surface area contributed by atoms with Gasteiger partial charge in [-0.25, -0.2) is 0 Å². The zero-order chi connectivity index (χ0) is 17.1. The summed E-state index contributed by atoms with van der Waals surface area (Å²) in [7, 11) is 3.19. The summed E-state index contributed by atoms with van der Waals surface area (Å²) in [5, 5.41) is 2.92. The van der Waals surface area contributed by atoms with E-state index in [4.69, 9.17) is 14.2 Å². The van der Waals surface area contributed by atoms with Crippen LogP contribution < -0.4 is 19.5 Å². The lowest BCUT2D eigenvalue weighted by Gasteiger charge is -2.27. The topological polar surface area (TPSA) is 56.8 Å². The Morgan fingerprint density at radius 2 is 1.88 bits per heavy atom. The fourth-order valence-corrected chi connectivity index (χ4v) is 3.07. The van der Waals surface area contributed by atoms with Crippen LogP contribution in [0.25, 0.3) is 0 Å². The normalized spacial score (nSPS) is 16.1. The number of nitrogens with one attached hydrogen (secondary N) is 1. The zero-order valence-corrected chi connectivity index (χ0v) is 14.1.